The van der Waals surface area contributed by atoms with Crippen molar-refractivity contribution < 1.29 is 4.43 Å². The molecule has 1 aromatic carbocycles. The largest absolute Gasteiger partial charge is 0.411 e. The zero-order valence-electron chi connectivity index (χ0n) is 10.2. The molecule has 2 rings (SSSR count). The molecule has 0 saturated heterocycles. The van der Waals surface area contributed by atoms with E-state index in [9.17, 15) is 0 Å². The third-order valence-electron chi connectivity index (χ3n) is 2.72. The third kappa shape index (κ3) is 3.24. The summed E-state index contributed by atoms with van der Waals surface area (Å²) < 4.78 is 7.83. The van der Waals surface area contributed by atoms with E-state index in [1.54, 1.807) is 17.3 Å². The van der Waals surface area contributed by atoms with E-state index in [0.717, 1.165) is 6.54 Å². The van der Waals surface area contributed by atoms with Crippen molar-refractivity contribution in [2.24, 2.45) is 0 Å². The molecule has 0 saturated carbocycles. The Morgan fingerprint density at radius 1 is 1.24 bits per heavy atom. The first-order chi connectivity index (χ1) is 8.18. The van der Waals surface area contributed by atoms with E-state index < -0.39 is 8.32 Å². The number of rotatable bonds is 5. The van der Waals surface area contributed by atoms with Gasteiger partial charge in [-0.05, 0) is 18.3 Å². The Morgan fingerprint density at radius 2 is 2.00 bits per heavy atom. The fourth-order valence-electron chi connectivity index (χ4n) is 1.67. The highest BCUT2D eigenvalue weighted by atomic mass is 28.4. The Kier molecular flexibility index (Phi) is 3.70. The quantitative estimate of drug-likeness (QED) is 0.750. The van der Waals surface area contributed by atoms with Crippen LogP contribution in [0.4, 0.5) is 0 Å². The van der Waals surface area contributed by atoms with Crippen molar-refractivity contribution >= 4 is 13.5 Å². The van der Waals surface area contributed by atoms with Gasteiger partial charge < -0.3 is 4.43 Å². The molecule has 1 heterocycles. The summed E-state index contributed by atoms with van der Waals surface area (Å²) in [5.41, 5.74) is 0. The minimum absolute atomic E-state index is 0.678. The zero-order chi connectivity index (χ0) is 12.1. The van der Waals surface area contributed by atoms with Crippen LogP contribution in [-0.2, 0) is 11.0 Å². The summed E-state index contributed by atoms with van der Waals surface area (Å²) in [7, 11) is -1.77. The van der Waals surface area contributed by atoms with Gasteiger partial charge >= 0.3 is 0 Å². The van der Waals surface area contributed by atoms with Crippen molar-refractivity contribution in [3.63, 3.8) is 0 Å². The molecular formula is C12H17N3OSi. The van der Waals surface area contributed by atoms with Crippen molar-refractivity contribution in [3.05, 3.63) is 43.0 Å². The lowest BCUT2D eigenvalue weighted by molar-refractivity contribution is 0.288. The fraction of sp³-hybridized carbons (Fsp3) is 0.333. The molecule has 5 heteroatoms. The van der Waals surface area contributed by atoms with Crippen LogP contribution < -0.4 is 5.19 Å². The molecule has 0 fully saturated rings. The molecule has 0 aliphatic heterocycles. The first-order valence-electron chi connectivity index (χ1n) is 5.70. The molecule has 17 heavy (non-hydrogen) atoms. The molecule has 0 aliphatic rings. The molecule has 90 valence electrons. The number of benzene rings is 1. The summed E-state index contributed by atoms with van der Waals surface area (Å²) >= 11 is 0. The highest BCUT2D eigenvalue weighted by Crippen LogP contribution is 2.05. The molecule has 0 amide bonds. The van der Waals surface area contributed by atoms with Gasteiger partial charge in [0, 0.05) is 0 Å². The summed E-state index contributed by atoms with van der Waals surface area (Å²) in [6, 6.07) is 10.4. The van der Waals surface area contributed by atoms with Crippen molar-refractivity contribution in [1.82, 2.24) is 14.8 Å². The van der Waals surface area contributed by atoms with Crippen LogP contribution in [0.2, 0.25) is 13.1 Å². The first kappa shape index (κ1) is 12.0. The van der Waals surface area contributed by atoms with Crippen LogP contribution in [0.1, 0.15) is 0 Å². The van der Waals surface area contributed by atoms with E-state index in [2.05, 4.69) is 47.4 Å². The molecule has 0 N–H and O–H groups in total. The molecule has 0 atom stereocenters. The molecule has 0 radical (unpaired) electrons. The fourth-order valence-corrected chi connectivity index (χ4v) is 3.43. The van der Waals surface area contributed by atoms with Gasteiger partial charge in [0.1, 0.15) is 12.7 Å². The second kappa shape index (κ2) is 5.24. The second-order valence-electron chi connectivity index (χ2n) is 4.38. The predicted molar refractivity (Wildman–Crippen MR) is 69.5 cm³/mol. The van der Waals surface area contributed by atoms with E-state index in [0.29, 0.717) is 6.61 Å². The van der Waals surface area contributed by atoms with Gasteiger partial charge in [-0.3, -0.25) is 4.68 Å². The summed E-state index contributed by atoms with van der Waals surface area (Å²) in [5.74, 6) is 0. The van der Waals surface area contributed by atoms with E-state index in [1.807, 2.05) is 6.07 Å². The van der Waals surface area contributed by atoms with Crippen molar-refractivity contribution in [1.29, 1.82) is 0 Å². The van der Waals surface area contributed by atoms with Gasteiger partial charge in [-0.15, -0.1) is 0 Å². The van der Waals surface area contributed by atoms with E-state index in [4.69, 9.17) is 4.43 Å². The van der Waals surface area contributed by atoms with Gasteiger partial charge in [-0.1, -0.05) is 30.3 Å². The lowest BCUT2D eigenvalue weighted by Crippen LogP contribution is -2.45. The number of hydrogen-bond acceptors (Lipinski definition) is 3. The molecule has 0 bridgehead atoms. The number of aromatic nitrogens is 3. The SMILES string of the molecule is C[Si](C)(OCCn1cncn1)c1ccccc1. The molecule has 0 aliphatic carbocycles. The van der Waals surface area contributed by atoms with E-state index in [1.165, 1.54) is 5.19 Å². The smallest absolute Gasteiger partial charge is 0.218 e. The van der Waals surface area contributed by atoms with Gasteiger partial charge in [-0.25, -0.2) is 4.98 Å². The van der Waals surface area contributed by atoms with E-state index in [-0.39, 0.29) is 0 Å². The third-order valence-corrected chi connectivity index (χ3v) is 5.37. The number of hydrogen-bond donors (Lipinski definition) is 0. The first-order valence-corrected chi connectivity index (χ1v) is 8.61. The van der Waals surface area contributed by atoms with Crippen molar-refractivity contribution in [2.45, 2.75) is 19.6 Å². The lowest BCUT2D eigenvalue weighted by Gasteiger charge is -2.23. The molecule has 4 nitrogen and oxygen atoms in total. The van der Waals surface area contributed by atoms with Crippen LogP contribution in [0, 0.1) is 0 Å². The minimum atomic E-state index is -1.77. The maximum Gasteiger partial charge on any atom is 0.218 e. The minimum Gasteiger partial charge on any atom is -0.411 e. The monoisotopic (exact) mass is 247 g/mol. The molecular weight excluding hydrogens is 230 g/mol. The highest BCUT2D eigenvalue weighted by molar-refractivity contribution is 6.84. The van der Waals surface area contributed by atoms with Crippen molar-refractivity contribution in [2.75, 3.05) is 6.61 Å². The summed E-state index contributed by atoms with van der Waals surface area (Å²) in [5, 5.41) is 5.37. The Bertz CT molecular complexity index is 442. The van der Waals surface area contributed by atoms with Crippen LogP contribution in [0.25, 0.3) is 0 Å². The summed E-state index contributed by atoms with van der Waals surface area (Å²) in [6.45, 7) is 5.86. The van der Waals surface area contributed by atoms with Crippen molar-refractivity contribution in [3.8, 4) is 0 Å². The zero-order valence-corrected chi connectivity index (χ0v) is 11.2. The second-order valence-corrected chi connectivity index (χ2v) is 8.27. The van der Waals surface area contributed by atoms with Gasteiger partial charge in [0.05, 0.1) is 13.2 Å². The van der Waals surface area contributed by atoms with Gasteiger partial charge in [0.15, 0.2) is 0 Å². The predicted octanol–water partition coefficient (Wildman–Crippen LogP) is 1.41. The Hall–Kier alpha value is -1.46. The molecule has 1 aromatic heterocycles. The number of nitrogens with zero attached hydrogens (tertiary/aromatic N) is 3. The van der Waals surface area contributed by atoms with Gasteiger partial charge in [-0.2, -0.15) is 5.10 Å². The van der Waals surface area contributed by atoms with Crippen LogP contribution in [0.5, 0.6) is 0 Å². The average Bonchev–Trinajstić information content (AvgIpc) is 2.83. The summed E-state index contributed by atoms with van der Waals surface area (Å²) in [4.78, 5) is 3.90. The highest BCUT2D eigenvalue weighted by Gasteiger charge is 2.24. The molecule has 2 aromatic rings. The van der Waals surface area contributed by atoms with Crippen LogP contribution in [0.15, 0.2) is 43.0 Å². The maximum atomic E-state index is 6.04. The normalized spacial score (nSPS) is 11.6. The van der Waals surface area contributed by atoms with Gasteiger partial charge in [0.25, 0.3) is 0 Å². The van der Waals surface area contributed by atoms with Crippen LogP contribution in [0.3, 0.4) is 0 Å². The summed E-state index contributed by atoms with van der Waals surface area (Å²) in [6.07, 6.45) is 3.25. The topological polar surface area (TPSA) is 39.9 Å². The Balaban J connectivity index is 1.90. The Morgan fingerprint density at radius 3 is 2.65 bits per heavy atom. The van der Waals surface area contributed by atoms with Crippen LogP contribution in [-0.4, -0.2) is 29.7 Å². The molecule has 0 unspecified atom stereocenters. The van der Waals surface area contributed by atoms with E-state index >= 15 is 0 Å². The lowest BCUT2D eigenvalue weighted by atomic mass is 10.4. The van der Waals surface area contributed by atoms with Gasteiger partial charge in [0.2, 0.25) is 8.32 Å². The Labute approximate surface area is 102 Å². The standard InChI is InChI=1S/C12H17N3OSi/c1-17(2,12-6-4-3-5-7-12)16-9-8-15-11-13-10-14-15/h3-7,10-11H,8-9H2,1-2H3. The average molecular weight is 247 g/mol. The van der Waals surface area contributed by atoms with Crippen LogP contribution >= 0.6 is 0 Å². The molecule has 0 spiro atoms. The maximum absolute atomic E-state index is 6.04.